The van der Waals surface area contributed by atoms with E-state index in [1.807, 2.05) is 0 Å². The largest absolute Gasteiger partial charge is 0.453 e. The van der Waals surface area contributed by atoms with Gasteiger partial charge in [0.05, 0.1) is 37.8 Å². The molecule has 4 N–H and O–H groups in total. The third kappa shape index (κ3) is 4.83. The summed E-state index contributed by atoms with van der Waals surface area (Å²) in [5.41, 5.74) is 3.33. The van der Waals surface area contributed by atoms with Gasteiger partial charge in [-0.3, -0.25) is 13.9 Å². The van der Waals surface area contributed by atoms with Crippen LogP contribution in [0.5, 0.6) is 0 Å². The van der Waals surface area contributed by atoms with Gasteiger partial charge in [-0.15, -0.1) is 0 Å². The van der Waals surface area contributed by atoms with E-state index in [1.54, 1.807) is 6.92 Å². The number of alkyl carbamates (subject to hydrolysis) is 1. The van der Waals surface area contributed by atoms with E-state index in [-0.39, 0.29) is 71.0 Å². The fourth-order valence-electron chi connectivity index (χ4n) is 5.90. The van der Waals surface area contributed by atoms with Gasteiger partial charge in [0.25, 0.3) is 0 Å². The molecule has 2 amide bonds. The molecule has 0 spiro atoms. The molecule has 0 bridgehead atoms. The lowest BCUT2D eigenvalue weighted by Crippen LogP contribution is -2.36. The zero-order chi connectivity index (χ0) is 34.3. The van der Waals surface area contributed by atoms with E-state index in [1.165, 1.54) is 29.0 Å². The van der Waals surface area contributed by atoms with Crippen LogP contribution in [0.15, 0.2) is 29.2 Å². The minimum Gasteiger partial charge on any atom is -0.453 e. The summed E-state index contributed by atoms with van der Waals surface area (Å²) < 4.78 is 80.4. The lowest BCUT2D eigenvalue weighted by Gasteiger charge is -2.15. The number of hydrogen-bond acceptors (Lipinski definition) is 8. The van der Waals surface area contributed by atoms with Crippen LogP contribution < -0.4 is 22.1 Å². The minimum atomic E-state index is -4.58. The van der Waals surface area contributed by atoms with Crippen LogP contribution in [0.2, 0.25) is 0 Å². The number of amides is 2. The van der Waals surface area contributed by atoms with Crippen molar-refractivity contribution in [2.75, 3.05) is 12.4 Å². The molecule has 0 aromatic carbocycles. The van der Waals surface area contributed by atoms with Crippen LogP contribution in [0.1, 0.15) is 49.8 Å². The predicted octanol–water partition coefficient (Wildman–Crippen LogP) is 3.00. The monoisotopic (exact) mass is 605 g/mol. The zero-order valence-electron chi connectivity index (χ0n) is 27.0. The number of carbonyl (C=O) groups is 2. The first-order chi connectivity index (χ1) is 21.9. The third-order valence-electron chi connectivity index (χ3n) is 8.16. The summed E-state index contributed by atoms with van der Waals surface area (Å²) in [4.78, 5) is 46.6. The Hall–Kier alpha value is -4.63. The van der Waals surface area contributed by atoms with E-state index in [9.17, 15) is 27.6 Å². The Labute approximate surface area is 247 Å². The Bertz CT molecular complexity index is 1990. The molecule has 4 atom stereocenters. The molecule has 0 aliphatic heterocycles. The predicted molar refractivity (Wildman–Crippen MR) is 149 cm³/mol. The second kappa shape index (κ2) is 9.98. The number of hydrogen-bond donors (Lipinski definition) is 3. The number of aryl methyl sites for hydroxylation is 1. The first-order valence-electron chi connectivity index (χ1n) is 15.4. The molecule has 0 radical (unpaired) electrons. The van der Waals surface area contributed by atoms with E-state index in [0.29, 0.717) is 4.57 Å². The number of imidazole rings is 1. The van der Waals surface area contributed by atoms with Gasteiger partial charge in [-0.2, -0.15) is 18.3 Å². The van der Waals surface area contributed by atoms with Gasteiger partial charge in [0.2, 0.25) is 5.91 Å². The lowest BCUT2D eigenvalue weighted by molar-refractivity contribution is -0.127. The average molecular weight is 606 g/mol. The number of ether oxygens (including phenoxy) is 1. The van der Waals surface area contributed by atoms with Crippen LogP contribution in [0.25, 0.3) is 22.1 Å². The normalized spacial score (nSPS) is 26.9. The second-order valence-corrected chi connectivity index (χ2v) is 10.9. The number of nitrogens with one attached hydrogen (secondary N) is 2. The van der Waals surface area contributed by atoms with Crippen molar-refractivity contribution in [3.05, 3.63) is 40.6 Å². The summed E-state index contributed by atoms with van der Waals surface area (Å²) in [6.45, 7) is -1.14. The van der Waals surface area contributed by atoms with E-state index in [4.69, 9.17) is 11.2 Å². The Morgan fingerprint density at radius 1 is 1.28 bits per heavy atom. The molecule has 13 nitrogen and oxygen atoms in total. The number of halogens is 3. The van der Waals surface area contributed by atoms with Crippen molar-refractivity contribution in [3.63, 3.8) is 0 Å². The van der Waals surface area contributed by atoms with Gasteiger partial charge < -0.3 is 21.1 Å². The maximum absolute atomic E-state index is 13.6. The molecule has 0 unspecified atom stereocenters. The fourth-order valence-corrected chi connectivity index (χ4v) is 5.90. The highest BCUT2D eigenvalue weighted by molar-refractivity contribution is 5.90. The van der Waals surface area contributed by atoms with Crippen LogP contribution in [0.4, 0.5) is 29.6 Å². The van der Waals surface area contributed by atoms with Crippen LogP contribution in [-0.4, -0.2) is 60.2 Å². The Kier molecular flexibility index (Phi) is 5.54. The standard InChI is InChI=1S/C27H30F3N9O4/c1-13-10-26(13,23(31)40)39-22-16(17(36-39)11-27(28,29)30)6-7-20(35-22)34-21-9-18-19(12-32-21)37(2)25(42)38(18)15-5-4-14(8-15)33-24(41)43-3/h6-7,9,12-15H,4-5,8,10-11H2,1-3H3,(H2,31,40)(H,33,41)(H,32,34,35)/t13-,14+,15+,26-/m0/s1/i2D3,14D. The first-order valence-corrected chi connectivity index (χ1v) is 13.4. The number of pyridine rings is 2. The van der Waals surface area contributed by atoms with Crippen LogP contribution in [0.3, 0.4) is 0 Å². The number of anilines is 2. The Morgan fingerprint density at radius 3 is 2.70 bits per heavy atom. The van der Waals surface area contributed by atoms with E-state index in [0.717, 1.165) is 11.8 Å². The molecule has 16 heteroatoms. The van der Waals surface area contributed by atoms with E-state index in [2.05, 4.69) is 30.4 Å². The summed E-state index contributed by atoms with van der Waals surface area (Å²) in [7, 11) is 1.16. The molecule has 2 aliphatic carbocycles. The summed E-state index contributed by atoms with van der Waals surface area (Å²) >= 11 is 0. The number of rotatable bonds is 7. The van der Waals surface area contributed by atoms with Gasteiger partial charge in [0.1, 0.15) is 17.2 Å². The molecule has 4 aromatic rings. The topological polar surface area (TPSA) is 164 Å². The Morgan fingerprint density at radius 2 is 2.05 bits per heavy atom. The maximum Gasteiger partial charge on any atom is 0.407 e. The van der Waals surface area contributed by atoms with E-state index < -0.39 is 54.9 Å². The molecule has 4 heterocycles. The van der Waals surface area contributed by atoms with Crippen molar-refractivity contribution < 1.29 is 33.0 Å². The van der Waals surface area contributed by atoms with Gasteiger partial charge in [-0.05, 0) is 43.7 Å². The number of aromatic nitrogens is 6. The van der Waals surface area contributed by atoms with Crippen molar-refractivity contribution in [2.24, 2.45) is 18.6 Å². The van der Waals surface area contributed by atoms with Gasteiger partial charge in [-0.1, -0.05) is 6.92 Å². The highest BCUT2D eigenvalue weighted by Crippen LogP contribution is 2.51. The second-order valence-electron chi connectivity index (χ2n) is 10.9. The lowest BCUT2D eigenvalue weighted by atomic mass is 10.2. The quantitative estimate of drug-likeness (QED) is 0.289. The smallest absolute Gasteiger partial charge is 0.407 e. The summed E-state index contributed by atoms with van der Waals surface area (Å²) in [6.07, 6.45) is -4.87. The van der Waals surface area contributed by atoms with Crippen molar-refractivity contribution in [2.45, 2.75) is 62.8 Å². The number of nitrogens with zero attached hydrogens (tertiary/aromatic N) is 6. The number of methoxy groups -OCH3 is 1. The molecule has 4 aromatic heterocycles. The van der Waals surface area contributed by atoms with Crippen molar-refractivity contribution in [3.8, 4) is 0 Å². The van der Waals surface area contributed by atoms with Crippen molar-refractivity contribution in [1.82, 2.24) is 34.2 Å². The molecule has 2 aliphatic rings. The van der Waals surface area contributed by atoms with Gasteiger partial charge in [-0.25, -0.2) is 24.2 Å². The average Bonchev–Trinajstić information content (AvgIpc) is 3.19. The highest BCUT2D eigenvalue weighted by atomic mass is 19.4. The molecular weight excluding hydrogens is 571 g/mol. The Balaban J connectivity index is 1.42. The molecule has 43 heavy (non-hydrogen) atoms. The summed E-state index contributed by atoms with van der Waals surface area (Å²) in [5.74, 6) is -0.824. The van der Waals surface area contributed by atoms with Crippen LogP contribution in [-0.2, 0) is 28.5 Å². The van der Waals surface area contributed by atoms with E-state index >= 15 is 0 Å². The molecule has 2 fully saturated rings. The van der Waals surface area contributed by atoms with Crippen molar-refractivity contribution in [1.29, 1.82) is 0 Å². The van der Waals surface area contributed by atoms with Gasteiger partial charge in [0.15, 0.2) is 5.65 Å². The number of primary amides is 1. The SMILES string of the molecule is [2H]C([2H])([2H])n1c(=O)n([C@@H]2CC[C@@]([2H])(NC(=O)OC)C2)c2cc(Nc3ccc4c(CC(F)(F)F)nn([C@@]5(C(N)=O)C[C@@H]5C)c4n3)ncc21. The number of fused-ring (bicyclic) bond motifs is 2. The van der Waals surface area contributed by atoms with Gasteiger partial charge in [0, 0.05) is 34.6 Å². The molecule has 228 valence electrons. The zero-order valence-corrected chi connectivity index (χ0v) is 23.0. The summed E-state index contributed by atoms with van der Waals surface area (Å²) in [6, 6.07) is 2.08. The van der Waals surface area contributed by atoms with Gasteiger partial charge >= 0.3 is 18.0 Å². The first kappa shape index (κ1) is 23.9. The highest BCUT2D eigenvalue weighted by Gasteiger charge is 2.60. The molecule has 2 saturated carbocycles. The third-order valence-corrected chi connectivity index (χ3v) is 8.16. The van der Waals surface area contributed by atoms with Crippen molar-refractivity contribution >= 4 is 45.7 Å². The maximum atomic E-state index is 13.6. The minimum absolute atomic E-state index is 0.000196. The number of carbonyl (C=O) groups excluding carboxylic acids is 2. The van der Waals surface area contributed by atoms with Crippen LogP contribution in [0, 0.1) is 5.92 Å². The number of alkyl halides is 3. The summed E-state index contributed by atoms with van der Waals surface area (Å²) in [5, 5.41) is 9.62. The molecule has 0 saturated heterocycles. The number of nitrogens with two attached hydrogens (primary N) is 1. The molecule has 6 rings (SSSR count). The van der Waals surface area contributed by atoms with Crippen LogP contribution >= 0.6 is 0 Å². The fraction of sp³-hybridized carbons (Fsp3) is 0.481. The molecular formula is C27H30F3N9O4.